The third-order valence-corrected chi connectivity index (χ3v) is 6.13. The second kappa shape index (κ2) is 7.74. The molecule has 1 fully saturated rings. The standard InChI is InChI=1S/C18H28N2O4S/c1-13(2)16-7-6-14(3)10-17(16)24-11-18(21)20(19(4)5)15-8-9-25(22,23)12-15/h6-7,10,13,15H,8-9,11-12H2,1-5H3/t15-/m0/s1. The molecule has 0 radical (unpaired) electrons. The van der Waals surface area contributed by atoms with Gasteiger partial charge in [-0.05, 0) is 36.5 Å². The highest BCUT2D eigenvalue weighted by molar-refractivity contribution is 7.91. The van der Waals surface area contributed by atoms with Gasteiger partial charge in [-0.25, -0.2) is 13.4 Å². The molecule has 6 nitrogen and oxygen atoms in total. The summed E-state index contributed by atoms with van der Waals surface area (Å²) < 4.78 is 29.3. The Bertz CT molecular complexity index is 729. The van der Waals surface area contributed by atoms with E-state index in [0.717, 1.165) is 11.1 Å². The number of ether oxygens (including phenoxy) is 1. The van der Waals surface area contributed by atoms with Crippen LogP contribution in [0.15, 0.2) is 18.2 Å². The summed E-state index contributed by atoms with van der Waals surface area (Å²) in [5.74, 6) is 0.907. The van der Waals surface area contributed by atoms with Crippen molar-refractivity contribution in [3.63, 3.8) is 0 Å². The van der Waals surface area contributed by atoms with E-state index >= 15 is 0 Å². The van der Waals surface area contributed by atoms with E-state index in [2.05, 4.69) is 13.8 Å². The zero-order chi connectivity index (χ0) is 18.8. The molecule has 0 spiro atoms. The number of aryl methyl sites for hydroxylation is 1. The lowest BCUT2D eigenvalue weighted by Gasteiger charge is -2.33. The van der Waals surface area contributed by atoms with Crippen LogP contribution in [0.5, 0.6) is 5.75 Å². The molecule has 0 aromatic heterocycles. The molecule has 7 heteroatoms. The van der Waals surface area contributed by atoms with Crippen LogP contribution in [0.4, 0.5) is 0 Å². The van der Waals surface area contributed by atoms with Gasteiger partial charge in [-0.15, -0.1) is 0 Å². The number of rotatable bonds is 6. The van der Waals surface area contributed by atoms with E-state index in [1.807, 2.05) is 25.1 Å². The number of amides is 1. The van der Waals surface area contributed by atoms with E-state index in [1.165, 1.54) is 5.01 Å². The molecular formula is C18H28N2O4S. The summed E-state index contributed by atoms with van der Waals surface area (Å²) >= 11 is 0. The summed E-state index contributed by atoms with van der Waals surface area (Å²) in [6.45, 7) is 6.02. The maximum Gasteiger partial charge on any atom is 0.275 e. The number of carbonyl (C=O) groups excluding carboxylic acids is 1. The van der Waals surface area contributed by atoms with Gasteiger partial charge in [-0.3, -0.25) is 9.80 Å². The Morgan fingerprint density at radius 2 is 2.00 bits per heavy atom. The number of hydrogen-bond acceptors (Lipinski definition) is 5. The zero-order valence-electron chi connectivity index (χ0n) is 15.7. The summed E-state index contributed by atoms with van der Waals surface area (Å²) in [4.78, 5) is 12.7. The fraction of sp³-hybridized carbons (Fsp3) is 0.611. The van der Waals surface area contributed by atoms with Gasteiger partial charge in [0.05, 0.1) is 17.5 Å². The highest BCUT2D eigenvalue weighted by Crippen LogP contribution is 2.27. The average Bonchev–Trinajstić information content (AvgIpc) is 2.84. The molecule has 1 heterocycles. The fourth-order valence-corrected chi connectivity index (χ4v) is 4.86. The van der Waals surface area contributed by atoms with E-state index in [9.17, 15) is 13.2 Å². The lowest BCUT2D eigenvalue weighted by molar-refractivity contribution is -0.151. The van der Waals surface area contributed by atoms with Crippen LogP contribution in [0.25, 0.3) is 0 Å². The van der Waals surface area contributed by atoms with Crippen molar-refractivity contribution < 1.29 is 17.9 Å². The smallest absolute Gasteiger partial charge is 0.275 e. The first kappa shape index (κ1) is 19.7. The van der Waals surface area contributed by atoms with Gasteiger partial charge in [-0.2, -0.15) is 0 Å². The first-order chi connectivity index (χ1) is 11.6. The van der Waals surface area contributed by atoms with Crippen LogP contribution < -0.4 is 4.74 Å². The topological polar surface area (TPSA) is 66.9 Å². The third kappa shape index (κ3) is 4.95. The van der Waals surface area contributed by atoms with Gasteiger partial charge in [0.1, 0.15) is 5.75 Å². The Kier molecular flexibility index (Phi) is 6.11. The molecule has 2 rings (SSSR count). The molecule has 1 atom stereocenters. The molecule has 0 bridgehead atoms. The molecule has 1 aromatic rings. The minimum Gasteiger partial charge on any atom is -0.483 e. The minimum absolute atomic E-state index is 0.0125. The second-order valence-corrected chi connectivity index (χ2v) is 9.36. The van der Waals surface area contributed by atoms with E-state index in [0.29, 0.717) is 12.2 Å². The quantitative estimate of drug-likeness (QED) is 0.719. The van der Waals surface area contributed by atoms with Crippen molar-refractivity contribution in [2.45, 2.75) is 39.2 Å². The van der Waals surface area contributed by atoms with Crippen molar-refractivity contribution in [2.75, 3.05) is 32.2 Å². The van der Waals surface area contributed by atoms with E-state index in [1.54, 1.807) is 19.1 Å². The Morgan fingerprint density at radius 3 is 2.52 bits per heavy atom. The molecule has 1 aliphatic heterocycles. The summed E-state index contributed by atoms with van der Waals surface area (Å²) in [6, 6.07) is 5.66. The molecule has 1 amide bonds. The lowest BCUT2D eigenvalue weighted by Crippen LogP contribution is -2.51. The van der Waals surface area contributed by atoms with Gasteiger partial charge >= 0.3 is 0 Å². The SMILES string of the molecule is Cc1ccc(C(C)C)c(OCC(=O)N([C@H]2CCS(=O)(=O)C2)N(C)C)c1. The van der Waals surface area contributed by atoms with Crippen LogP contribution in [0.3, 0.4) is 0 Å². The molecule has 1 saturated heterocycles. The van der Waals surface area contributed by atoms with E-state index in [-0.39, 0.29) is 36.0 Å². The normalized spacial score (nSPS) is 19.4. The molecular weight excluding hydrogens is 340 g/mol. The van der Waals surface area contributed by atoms with Crippen molar-refractivity contribution in [1.29, 1.82) is 0 Å². The molecule has 0 aliphatic carbocycles. The maximum atomic E-state index is 12.7. The molecule has 140 valence electrons. The predicted octanol–water partition coefficient (Wildman–Crippen LogP) is 1.99. The Labute approximate surface area is 150 Å². The van der Waals surface area contributed by atoms with Crippen molar-refractivity contribution in [3.05, 3.63) is 29.3 Å². The zero-order valence-corrected chi connectivity index (χ0v) is 16.5. The first-order valence-electron chi connectivity index (χ1n) is 8.54. The number of hydrogen-bond donors (Lipinski definition) is 0. The summed E-state index contributed by atoms with van der Waals surface area (Å²) in [7, 11) is 0.431. The third-order valence-electron chi connectivity index (χ3n) is 4.38. The number of sulfone groups is 1. The molecule has 0 unspecified atom stereocenters. The van der Waals surface area contributed by atoms with Crippen molar-refractivity contribution in [1.82, 2.24) is 10.0 Å². The molecule has 0 N–H and O–H groups in total. The van der Waals surface area contributed by atoms with Crippen molar-refractivity contribution in [3.8, 4) is 5.75 Å². The highest BCUT2D eigenvalue weighted by atomic mass is 32.2. The number of carbonyl (C=O) groups is 1. The second-order valence-electron chi connectivity index (χ2n) is 7.13. The van der Waals surface area contributed by atoms with Crippen LogP contribution in [-0.4, -0.2) is 62.6 Å². The van der Waals surface area contributed by atoms with Crippen LogP contribution >= 0.6 is 0 Å². The number of benzene rings is 1. The Hall–Kier alpha value is -1.60. The highest BCUT2D eigenvalue weighted by Gasteiger charge is 2.36. The van der Waals surface area contributed by atoms with Crippen LogP contribution in [-0.2, 0) is 14.6 Å². The lowest BCUT2D eigenvalue weighted by atomic mass is 10.0. The molecule has 0 saturated carbocycles. The van der Waals surface area contributed by atoms with Crippen LogP contribution in [0, 0.1) is 6.92 Å². The summed E-state index contributed by atoms with van der Waals surface area (Å²) in [5.41, 5.74) is 2.12. The Balaban J connectivity index is 2.11. The largest absolute Gasteiger partial charge is 0.483 e. The maximum absolute atomic E-state index is 12.7. The monoisotopic (exact) mass is 368 g/mol. The van der Waals surface area contributed by atoms with Gasteiger partial charge < -0.3 is 4.74 Å². The fourth-order valence-electron chi connectivity index (χ4n) is 3.17. The predicted molar refractivity (Wildman–Crippen MR) is 98.4 cm³/mol. The van der Waals surface area contributed by atoms with Crippen molar-refractivity contribution >= 4 is 15.7 Å². The summed E-state index contributed by atoms with van der Waals surface area (Å²) in [6.07, 6.45) is 0.466. The van der Waals surface area contributed by atoms with Gasteiger partial charge in [0.15, 0.2) is 16.4 Å². The van der Waals surface area contributed by atoms with E-state index in [4.69, 9.17) is 4.74 Å². The minimum atomic E-state index is -3.06. The average molecular weight is 368 g/mol. The van der Waals surface area contributed by atoms with Gasteiger partial charge in [0, 0.05) is 14.1 Å². The van der Waals surface area contributed by atoms with E-state index < -0.39 is 9.84 Å². The summed E-state index contributed by atoms with van der Waals surface area (Å²) in [5, 5.41) is 3.16. The first-order valence-corrected chi connectivity index (χ1v) is 10.4. The molecule has 1 aromatic carbocycles. The van der Waals surface area contributed by atoms with Crippen molar-refractivity contribution in [2.24, 2.45) is 0 Å². The molecule has 1 aliphatic rings. The van der Waals surface area contributed by atoms with Gasteiger partial charge in [0.2, 0.25) is 0 Å². The van der Waals surface area contributed by atoms with Gasteiger partial charge in [-0.1, -0.05) is 26.0 Å². The van der Waals surface area contributed by atoms with Gasteiger partial charge in [0.25, 0.3) is 5.91 Å². The number of nitrogens with zero attached hydrogens (tertiary/aromatic N) is 2. The number of hydrazine groups is 1. The Morgan fingerprint density at radius 1 is 1.32 bits per heavy atom. The van der Waals surface area contributed by atoms with Crippen LogP contribution in [0.2, 0.25) is 0 Å². The molecule has 25 heavy (non-hydrogen) atoms. The van der Waals surface area contributed by atoms with Crippen LogP contribution in [0.1, 0.15) is 37.3 Å².